The molecule has 0 amide bonds. The molecule has 0 saturated carbocycles. The first-order valence-corrected chi connectivity index (χ1v) is 8.34. The Balaban J connectivity index is 2.71. The molecule has 1 atom stereocenters. The van der Waals surface area contributed by atoms with Crippen molar-refractivity contribution in [3.63, 3.8) is 0 Å². The van der Waals surface area contributed by atoms with E-state index < -0.39 is 5.41 Å². The summed E-state index contributed by atoms with van der Waals surface area (Å²) >= 11 is 0. The fourth-order valence-corrected chi connectivity index (χ4v) is 3.11. The van der Waals surface area contributed by atoms with Gasteiger partial charge < -0.3 is 10.1 Å². The van der Waals surface area contributed by atoms with Crippen molar-refractivity contribution in [2.24, 2.45) is 22.2 Å². The zero-order valence-electron chi connectivity index (χ0n) is 15.1. The summed E-state index contributed by atoms with van der Waals surface area (Å²) in [7, 11) is 0. The molecule has 0 aromatic carbocycles. The van der Waals surface area contributed by atoms with E-state index in [0.717, 1.165) is 32.4 Å². The van der Waals surface area contributed by atoms with Crippen LogP contribution in [0.5, 0.6) is 0 Å². The highest BCUT2D eigenvalue weighted by Gasteiger charge is 2.47. The number of hydrogen-bond acceptors (Lipinski definition) is 3. The van der Waals surface area contributed by atoms with Gasteiger partial charge in [0.15, 0.2) is 0 Å². The van der Waals surface area contributed by atoms with Gasteiger partial charge >= 0.3 is 5.97 Å². The van der Waals surface area contributed by atoms with Crippen molar-refractivity contribution in [3.05, 3.63) is 0 Å². The topological polar surface area (TPSA) is 38.3 Å². The lowest BCUT2D eigenvalue weighted by Crippen LogP contribution is -2.45. The standard InChI is InChI=1S/C18H35NO2/c1-16(2,3)13-18(7,17(4,5)6)15(20)21-12-14-8-10-19-11-9-14/h14,19H,8-13H2,1-7H3. The smallest absolute Gasteiger partial charge is 0.312 e. The third-order valence-electron chi connectivity index (χ3n) is 4.90. The van der Waals surface area contributed by atoms with Gasteiger partial charge in [-0.1, -0.05) is 41.5 Å². The average Bonchev–Trinajstić information content (AvgIpc) is 2.33. The highest BCUT2D eigenvalue weighted by Crippen LogP contribution is 2.47. The van der Waals surface area contributed by atoms with Crippen LogP contribution >= 0.6 is 0 Å². The number of nitrogens with one attached hydrogen (secondary N) is 1. The van der Waals surface area contributed by atoms with Crippen LogP contribution in [-0.2, 0) is 9.53 Å². The highest BCUT2D eigenvalue weighted by atomic mass is 16.5. The highest BCUT2D eigenvalue weighted by molar-refractivity contribution is 5.77. The lowest BCUT2D eigenvalue weighted by molar-refractivity contribution is -0.166. The Kier molecular flexibility index (Phi) is 5.88. The molecule has 1 fully saturated rings. The van der Waals surface area contributed by atoms with E-state index in [1.807, 2.05) is 0 Å². The summed E-state index contributed by atoms with van der Waals surface area (Å²) in [5, 5.41) is 3.35. The van der Waals surface area contributed by atoms with E-state index in [1.54, 1.807) is 0 Å². The van der Waals surface area contributed by atoms with Gasteiger partial charge in [-0.05, 0) is 56.0 Å². The number of rotatable bonds is 4. The van der Waals surface area contributed by atoms with Crippen LogP contribution < -0.4 is 5.32 Å². The first-order chi connectivity index (χ1) is 9.46. The molecule has 1 aliphatic heterocycles. The Morgan fingerprint density at radius 3 is 2.00 bits per heavy atom. The van der Waals surface area contributed by atoms with Gasteiger partial charge in [0.1, 0.15) is 0 Å². The number of carbonyl (C=O) groups excluding carboxylic acids is 1. The quantitative estimate of drug-likeness (QED) is 0.797. The summed E-state index contributed by atoms with van der Waals surface area (Å²) in [6, 6.07) is 0. The van der Waals surface area contributed by atoms with Gasteiger partial charge in [0.2, 0.25) is 0 Å². The number of esters is 1. The maximum absolute atomic E-state index is 12.8. The SMILES string of the molecule is CC(C)(C)CC(C)(C(=O)OCC1CCNCC1)C(C)(C)C. The fourth-order valence-electron chi connectivity index (χ4n) is 3.11. The summed E-state index contributed by atoms with van der Waals surface area (Å²) in [5.41, 5.74) is -0.445. The van der Waals surface area contributed by atoms with Crippen molar-refractivity contribution in [3.8, 4) is 0 Å². The van der Waals surface area contributed by atoms with Crippen molar-refractivity contribution in [1.82, 2.24) is 5.32 Å². The molecule has 1 N–H and O–H groups in total. The number of hydrogen-bond donors (Lipinski definition) is 1. The molecular weight excluding hydrogens is 262 g/mol. The largest absolute Gasteiger partial charge is 0.465 e. The van der Waals surface area contributed by atoms with Gasteiger partial charge in [-0.3, -0.25) is 4.79 Å². The molecule has 0 aromatic heterocycles. The Morgan fingerprint density at radius 2 is 1.57 bits per heavy atom. The zero-order valence-corrected chi connectivity index (χ0v) is 15.1. The Hall–Kier alpha value is -0.570. The van der Waals surface area contributed by atoms with Gasteiger partial charge in [0.25, 0.3) is 0 Å². The van der Waals surface area contributed by atoms with Crippen LogP contribution in [0.25, 0.3) is 0 Å². The van der Waals surface area contributed by atoms with E-state index in [4.69, 9.17) is 4.74 Å². The summed E-state index contributed by atoms with van der Waals surface area (Å²) < 4.78 is 5.75. The van der Waals surface area contributed by atoms with Crippen LogP contribution in [0.15, 0.2) is 0 Å². The second-order valence-corrected chi connectivity index (χ2v) is 9.11. The number of carbonyl (C=O) groups is 1. The van der Waals surface area contributed by atoms with E-state index in [9.17, 15) is 4.79 Å². The fraction of sp³-hybridized carbons (Fsp3) is 0.944. The maximum atomic E-state index is 12.8. The third-order valence-corrected chi connectivity index (χ3v) is 4.90. The second-order valence-electron chi connectivity index (χ2n) is 9.11. The van der Waals surface area contributed by atoms with Gasteiger partial charge in [-0.15, -0.1) is 0 Å². The summed E-state index contributed by atoms with van der Waals surface area (Å²) in [5.74, 6) is 0.498. The zero-order chi connectivity index (χ0) is 16.3. The van der Waals surface area contributed by atoms with Crippen LogP contribution in [0.1, 0.15) is 67.7 Å². The monoisotopic (exact) mass is 297 g/mol. The Labute approximate surface area is 131 Å². The molecule has 0 radical (unpaired) electrons. The molecule has 1 unspecified atom stereocenters. The first kappa shape index (κ1) is 18.5. The van der Waals surface area contributed by atoms with Crippen molar-refractivity contribution in [2.75, 3.05) is 19.7 Å². The average molecular weight is 297 g/mol. The lowest BCUT2D eigenvalue weighted by Gasteiger charge is -2.43. The van der Waals surface area contributed by atoms with Gasteiger partial charge in [-0.2, -0.15) is 0 Å². The minimum Gasteiger partial charge on any atom is -0.465 e. The molecule has 3 heteroatoms. The molecule has 1 aliphatic rings. The minimum atomic E-state index is -0.446. The molecule has 1 heterocycles. The summed E-state index contributed by atoms with van der Waals surface area (Å²) in [6.45, 7) is 17.7. The Morgan fingerprint density at radius 1 is 1.05 bits per heavy atom. The number of piperidine rings is 1. The molecule has 124 valence electrons. The van der Waals surface area contributed by atoms with E-state index in [0.29, 0.717) is 12.5 Å². The van der Waals surface area contributed by atoms with Crippen molar-refractivity contribution in [1.29, 1.82) is 0 Å². The molecule has 0 aliphatic carbocycles. The Bertz CT molecular complexity index is 345. The van der Waals surface area contributed by atoms with E-state index in [1.165, 1.54) is 0 Å². The normalized spacial score (nSPS) is 20.9. The van der Waals surface area contributed by atoms with Crippen molar-refractivity contribution < 1.29 is 9.53 Å². The molecule has 0 spiro atoms. The van der Waals surface area contributed by atoms with E-state index in [-0.39, 0.29) is 16.8 Å². The van der Waals surface area contributed by atoms with E-state index >= 15 is 0 Å². The summed E-state index contributed by atoms with van der Waals surface area (Å²) in [4.78, 5) is 12.8. The molecular formula is C18H35NO2. The predicted octanol–water partition coefficient (Wildman–Crippen LogP) is 4.02. The van der Waals surface area contributed by atoms with Crippen LogP contribution in [0.2, 0.25) is 0 Å². The summed E-state index contributed by atoms with van der Waals surface area (Å²) in [6.07, 6.45) is 3.06. The molecule has 0 aromatic rings. The van der Waals surface area contributed by atoms with Gasteiger partial charge in [0, 0.05) is 0 Å². The van der Waals surface area contributed by atoms with Crippen LogP contribution in [-0.4, -0.2) is 25.7 Å². The van der Waals surface area contributed by atoms with Crippen LogP contribution in [0.4, 0.5) is 0 Å². The van der Waals surface area contributed by atoms with Crippen LogP contribution in [0, 0.1) is 22.2 Å². The molecule has 1 saturated heterocycles. The molecule has 0 bridgehead atoms. The van der Waals surface area contributed by atoms with Crippen LogP contribution in [0.3, 0.4) is 0 Å². The molecule has 21 heavy (non-hydrogen) atoms. The predicted molar refractivity (Wildman–Crippen MR) is 88.2 cm³/mol. The van der Waals surface area contributed by atoms with Gasteiger partial charge in [-0.25, -0.2) is 0 Å². The first-order valence-electron chi connectivity index (χ1n) is 8.34. The van der Waals surface area contributed by atoms with Crippen molar-refractivity contribution >= 4 is 5.97 Å². The number of ether oxygens (including phenoxy) is 1. The third kappa shape index (κ3) is 5.28. The molecule has 3 nitrogen and oxygen atoms in total. The molecule has 1 rings (SSSR count). The maximum Gasteiger partial charge on any atom is 0.312 e. The second kappa shape index (κ2) is 6.68. The van der Waals surface area contributed by atoms with Crippen molar-refractivity contribution in [2.45, 2.75) is 67.7 Å². The van der Waals surface area contributed by atoms with Gasteiger partial charge in [0.05, 0.1) is 12.0 Å². The van der Waals surface area contributed by atoms with E-state index in [2.05, 4.69) is 53.8 Å². The lowest BCUT2D eigenvalue weighted by atomic mass is 9.61. The minimum absolute atomic E-state index is 0.0246.